The van der Waals surface area contributed by atoms with Gasteiger partial charge in [0.15, 0.2) is 11.6 Å². The number of carbonyl (C=O) groups is 3. The van der Waals surface area contributed by atoms with Crippen molar-refractivity contribution in [3.63, 3.8) is 0 Å². The molecule has 0 N–H and O–H groups in total. The fourth-order valence-corrected chi connectivity index (χ4v) is 7.87. The number of rotatable bonds is 11. The van der Waals surface area contributed by atoms with Gasteiger partial charge < -0.3 is 4.90 Å². The number of benzene rings is 1. The second-order valence-electron chi connectivity index (χ2n) is 13.2. The van der Waals surface area contributed by atoms with E-state index in [1.54, 1.807) is 6.20 Å². The zero-order valence-electron chi connectivity index (χ0n) is 25.2. The summed E-state index contributed by atoms with van der Waals surface area (Å²) in [4.78, 5) is 46.9. The second-order valence-corrected chi connectivity index (χ2v) is 13.2. The predicted octanol–water partition coefficient (Wildman–Crippen LogP) is 7.22. The highest BCUT2D eigenvalue weighted by molar-refractivity contribution is 5.96. The summed E-state index contributed by atoms with van der Waals surface area (Å²) >= 11 is 0. The lowest BCUT2D eigenvalue weighted by molar-refractivity contribution is -0.143. The van der Waals surface area contributed by atoms with Crippen LogP contribution in [0, 0.1) is 29.6 Å². The Bertz CT molecular complexity index is 1190. The minimum atomic E-state index is -0.359. The molecular weight excluding hydrogens is 527 g/mol. The topological polar surface area (TPSA) is 67.3 Å². The molecule has 42 heavy (non-hydrogen) atoms. The van der Waals surface area contributed by atoms with Gasteiger partial charge in [-0.1, -0.05) is 69.4 Å². The van der Waals surface area contributed by atoms with E-state index in [9.17, 15) is 18.8 Å². The van der Waals surface area contributed by atoms with Gasteiger partial charge in [-0.15, -0.1) is 0 Å². The first kappa shape index (κ1) is 30.6. The summed E-state index contributed by atoms with van der Waals surface area (Å²) in [6, 6.07) is 12.8. The van der Waals surface area contributed by atoms with Crippen molar-refractivity contribution in [2.45, 2.75) is 96.4 Å². The third-order valence-corrected chi connectivity index (χ3v) is 10.5. The van der Waals surface area contributed by atoms with Crippen LogP contribution in [0.4, 0.5) is 4.39 Å². The van der Waals surface area contributed by atoms with Crippen LogP contribution in [0.3, 0.4) is 0 Å². The molecule has 2 heterocycles. The van der Waals surface area contributed by atoms with Gasteiger partial charge in [0.25, 0.3) is 0 Å². The molecule has 5 rings (SSSR count). The number of halogens is 1. The minimum absolute atomic E-state index is 0.0511. The van der Waals surface area contributed by atoms with Crippen molar-refractivity contribution in [3.05, 3.63) is 65.5 Å². The zero-order chi connectivity index (χ0) is 29.5. The van der Waals surface area contributed by atoms with Crippen molar-refractivity contribution in [1.29, 1.82) is 0 Å². The monoisotopic (exact) mass is 574 g/mol. The van der Waals surface area contributed by atoms with Crippen molar-refractivity contribution in [1.82, 2.24) is 9.88 Å². The lowest BCUT2D eigenvalue weighted by Gasteiger charge is -2.37. The quantitative estimate of drug-likeness (QED) is 0.266. The van der Waals surface area contributed by atoms with Crippen molar-refractivity contribution in [3.8, 4) is 0 Å². The molecule has 0 spiro atoms. The SMILES string of the molecule is C[C@H](CF)C1CCC(C(=O)N2CC[C@@H](C3CCCCC3)[C@H]2C(=O)Cc2ccc(C(=O)CCc3ccccn3)cc2)CC1. The molecule has 5 nitrogen and oxygen atoms in total. The van der Waals surface area contributed by atoms with E-state index in [4.69, 9.17) is 0 Å². The zero-order valence-corrected chi connectivity index (χ0v) is 25.2. The van der Waals surface area contributed by atoms with E-state index in [-0.39, 0.29) is 54.4 Å². The van der Waals surface area contributed by atoms with Crippen LogP contribution in [-0.4, -0.2) is 46.6 Å². The van der Waals surface area contributed by atoms with E-state index in [1.165, 1.54) is 19.3 Å². The first-order chi connectivity index (χ1) is 20.4. The van der Waals surface area contributed by atoms with Crippen LogP contribution in [0.1, 0.15) is 99.2 Å². The Morgan fingerprint density at radius 3 is 2.33 bits per heavy atom. The highest BCUT2D eigenvalue weighted by atomic mass is 19.1. The fourth-order valence-electron chi connectivity index (χ4n) is 7.87. The first-order valence-corrected chi connectivity index (χ1v) is 16.4. The maximum Gasteiger partial charge on any atom is 0.226 e. The Labute approximate surface area is 250 Å². The van der Waals surface area contributed by atoms with Gasteiger partial charge in [-0.2, -0.15) is 0 Å². The van der Waals surface area contributed by atoms with E-state index in [0.717, 1.165) is 56.2 Å². The summed E-state index contributed by atoms with van der Waals surface area (Å²) in [7, 11) is 0. The number of nitrogens with zero attached hydrogens (tertiary/aromatic N) is 2. The largest absolute Gasteiger partial charge is 0.332 e. The number of likely N-dealkylation sites (tertiary alicyclic amines) is 1. The van der Waals surface area contributed by atoms with Gasteiger partial charge in [-0.3, -0.25) is 23.8 Å². The van der Waals surface area contributed by atoms with E-state index >= 15 is 0 Å². The highest BCUT2D eigenvalue weighted by Gasteiger charge is 2.46. The number of aromatic nitrogens is 1. The molecule has 1 aromatic heterocycles. The smallest absolute Gasteiger partial charge is 0.226 e. The van der Waals surface area contributed by atoms with Gasteiger partial charge in [-0.05, 0) is 79.9 Å². The lowest BCUT2D eigenvalue weighted by atomic mass is 9.74. The Hall–Kier alpha value is -2.89. The predicted molar refractivity (Wildman–Crippen MR) is 163 cm³/mol. The molecule has 3 fully saturated rings. The molecule has 1 aromatic carbocycles. The highest BCUT2D eigenvalue weighted by Crippen LogP contribution is 2.42. The van der Waals surface area contributed by atoms with Crippen molar-refractivity contribution in [2.75, 3.05) is 13.2 Å². The van der Waals surface area contributed by atoms with Gasteiger partial charge in [0, 0.05) is 42.8 Å². The first-order valence-electron chi connectivity index (χ1n) is 16.4. The molecule has 226 valence electrons. The van der Waals surface area contributed by atoms with E-state index in [2.05, 4.69) is 4.98 Å². The summed E-state index contributed by atoms with van der Waals surface area (Å²) < 4.78 is 13.2. The molecule has 1 aliphatic heterocycles. The third kappa shape index (κ3) is 7.36. The number of amides is 1. The summed E-state index contributed by atoms with van der Waals surface area (Å²) in [6.45, 7) is 2.34. The number of carbonyl (C=O) groups excluding carboxylic acids is 3. The van der Waals surface area contributed by atoms with E-state index < -0.39 is 0 Å². The summed E-state index contributed by atoms with van der Waals surface area (Å²) in [6.07, 6.45) is 13.3. The minimum Gasteiger partial charge on any atom is -0.332 e. The van der Waals surface area contributed by atoms with Crippen molar-refractivity contribution in [2.24, 2.45) is 29.6 Å². The molecule has 0 bridgehead atoms. The van der Waals surface area contributed by atoms with Crippen molar-refractivity contribution < 1.29 is 18.8 Å². The number of alkyl halides is 1. The van der Waals surface area contributed by atoms with Crippen LogP contribution in [0.25, 0.3) is 0 Å². The van der Waals surface area contributed by atoms with Crippen molar-refractivity contribution >= 4 is 17.5 Å². The van der Waals surface area contributed by atoms with Gasteiger partial charge >= 0.3 is 0 Å². The van der Waals surface area contributed by atoms with Crippen LogP contribution >= 0.6 is 0 Å². The second kappa shape index (κ2) is 14.5. The third-order valence-electron chi connectivity index (χ3n) is 10.5. The summed E-state index contributed by atoms with van der Waals surface area (Å²) in [5.74, 6) is 1.44. The molecule has 3 atom stereocenters. The number of Topliss-reactive ketones (excluding diaryl/α,β-unsaturated/α-hetero) is 2. The molecule has 2 aliphatic carbocycles. The van der Waals surface area contributed by atoms with Gasteiger partial charge in [0.2, 0.25) is 5.91 Å². The number of hydrogen-bond acceptors (Lipinski definition) is 4. The molecule has 3 aliphatic rings. The average Bonchev–Trinajstić information content (AvgIpc) is 3.50. The molecule has 2 saturated carbocycles. The van der Waals surface area contributed by atoms with Crippen LogP contribution < -0.4 is 0 Å². The summed E-state index contributed by atoms with van der Waals surface area (Å²) in [5, 5.41) is 0. The molecule has 1 amide bonds. The maximum atomic E-state index is 14.0. The molecule has 2 aromatic rings. The number of hydrogen-bond donors (Lipinski definition) is 0. The number of pyridine rings is 1. The molecular formula is C36H47FN2O3. The van der Waals surface area contributed by atoms with E-state index in [0.29, 0.717) is 36.8 Å². The number of ketones is 2. The Kier molecular flexibility index (Phi) is 10.6. The van der Waals surface area contributed by atoms with Crippen LogP contribution in [-0.2, 0) is 22.4 Å². The summed E-state index contributed by atoms with van der Waals surface area (Å²) in [5.41, 5.74) is 2.44. The Morgan fingerprint density at radius 1 is 0.929 bits per heavy atom. The van der Waals surface area contributed by atoms with Gasteiger partial charge in [0.05, 0.1) is 12.7 Å². The van der Waals surface area contributed by atoms with Crippen LogP contribution in [0.5, 0.6) is 0 Å². The maximum absolute atomic E-state index is 14.0. The Balaban J connectivity index is 1.24. The van der Waals surface area contributed by atoms with Crippen LogP contribution in [0.15, 0.2) is 48.7 Å². The number of aryl methyl sites for hydroxylation is 1. The molecule has 0 radical (unpaired) electrons. The standard InChI is InChI=1S/C36H47FN2O3/c1-25(24-37)27-14-16-30(17-15-27)36(42)39-22-20-32(28-7-3-2-4-8-28)35(39)34(41)23-26-10-12-29(13-11-26)33(40)19-18-31-9-5-6-21-38-31/h5-6,9-13,21,25,27-28,30,32,35H,2-4,7-8,14-20,22-24H2,1H3/t25-,27?,30?,32+,35+/m1/s1. The molecule has 1 saturated heterocycles. The normalized spacial score (nSPS) is 25.7. The lowest BCUT2D eigenvalue weighted by Crippen LogP contribution is -2.48. The Morgan fingerprint density at radius 2 is 1.67 bits per heavy atom. The fraction of sp³-hybridized carbons (Fsp3) is 0.611. The van der Waals surface area contributed by atoms with E-state index in [1.807, 2.05) is 54.3 Å². The van der Waals surface area contributed by atoms with Gasteiger partial charge in [0.1, 0.15) is 0 Å². The average molecular weight is 575 g/mol. The van der Waals surface area contributed by atoms with Gasteiger partial charge in [-0.25, -0.2) is 0 Å². The molecule has 6 heteroatoms. The molecule has 0 unspecified atom stereocenters. The van der Waals surface area contributed by atoms with Crippen LogP contribution in [0.2, 0.25) is 0 Å².